The molecular formula is C21H17N3O2S. The van der Waals surface area contributed by atoms with Crippen molar-refractivity contribution in [3.63, 3.8) is 0 Å². The molecule has 0 atom stereocenters. The van der Waals surface area contributed by atoms with E-state index in [9.17, 15) is 9.90 Å². The number of carbonyl (C=O) groups excluding carboxylic acids is 1. The van der Waals surface area contributed by atoms with E-state index in [1.165, 1.54) is 11.0 Å². The number of nitrogens with zero attached hydrogens (tertiary/aromatic N) is 1. The fraction of sp³-hybridized carbons (Fsp3) is 0.0476. The van der Waals surface area contributed by atoms with Crippen molar-refractivity contribution >= 4 is 34.8 Å². The van der Waals surface area contributed by atoms with Crippen LogP contribution in [-0.4, -0.2) is 16.7 Å². The number of nitrogens with one attached hydrogen (secondary N) is 2. The van der Waals surface area contributed by atoms with Crippen LogP contribution in [0.25, 0.3) is 0 Å². The molecule has 6 heteroatoms. The molecule has 1 aliphatic rings. The Kier molecular flexibility index (Phi) is 4.56. The maximum atomic E-state index is 12.2. The van der Waals surface area contributed by atoms with Gasteiger partial charge in [0.25, 0.3) is 5.91 Å². The predicted molar refractivity (Wildman–Crippen MR) is 108 cm³/mol. The molecule has 4 rings (SSSR count). The number of hydrogen-bond donors (Lipinski definition) is 3. The monoisotopic (exact) mass is 375 g/mol. The quantitative estimate of drug-likeness (QED) is 0.357. The highest BCUT2D eigenvalue weighted by atomic mass is 32.2. The minimum atomic E-state index is -0.451. The molecule has 134 valence electrons. The molecule has 1 heterocycles. The second-order valence-corrected chi connectivity index (χ2v) is 7.17. The number of anilines is 2. The molecule has 0 saturated heterocycles. The minimum absolute atomic E-state index is 0.0727. The Morgan fingerprint density at radius 2 is 1.74 bits per heavy atom. The van der Waals surface area contributed by atoms with E-state index < -0.39 is 5.91 Å². The SMILES string of the molecule is CC(=NNC(=O)c1ccccc1O)c1ccc2c(c1)Nc1ccccc1S2. The molecule has 0 aromatic heterocycles. The van der Waals surface area contributed by atoms with Gasteiger partial charge in [0.05, 0.1) is 22.6 Å². The second kappa shape index (κ2) is 7.17. The highest BCUT2D eigenvalue weighted by Crippen LogP contribution is 2.44. The van der Waals surface area contributed by atoms with Gasteiger partial charge in [-0.1, -0.05) is 42.1 Å². The lowest BCUT2D eigenvalue weighted by molar-refractivity contribution is 0.0952. The number of amides is 1. The third-order valence-electron chi connectivity index (χ3n) is 4.25. The van der Waals surface area contributed by atoms with Gasteiger partial charge in [-0.05, 0) is 48.9 Å². The van der Waals surface area contributed by atoms with Crippen molar-refractivity contribution in [1.29, 1.82) is 0 Å². The molecule has 3 aromatic rings. The van der Waals surface area contributed by atoms with Gasteiger partial charge in [0.1, 0.15) is 5.75 Å². The van der Waals surface area contributed by atoms with Gasteiger partial charge in [-0.3, -0.25) is 4.79 Å². The first kappa shape index (κ1) is 17.2. The fourth-order valence-electron chi connectivity index (χ4n) is 2.79. The zero-order valence-electron chi connectivity index (χ0n) is 14.6. The molecule has 0 aliphatic carbocycles. The first-order valence-electron chi connectivity index (χ1n) is 8.43. The molecule has 0 bridgehead atoms. The number of para-hydroxylation sites is 2. The van der Waals surface area contributed by atoms with E-state index in [0.717, 1.165) is 21.8 Å². The van der Waals surface area contributed by atoms with Gasteiger partial charge in [0.15, 0.2) is 0 Å². The predicted octanol–water partition coefficient (Wildman–Crippen LogP) is 4.75. The van der Waals surface area contributed by atoms with Crippen molar-refractivity contribution < 1.29 is 9.90 Å². The second-order valence-electron chi connectivity index (χ2n) is 6.09. The van der Waals surface area contributed by atoms with Crippen molar-refractivity contribution in [2.75, 3.05) is 5.32 Å². The van der Waals surface area contributed by atoms with Crippen molar-refractivity contribution in [3.05, 3.63) is 77.9 Å². The molecule has 0 unspecified atom stereocenters. The number of benzene rings is 3. The van der Waals surface area contributed by atoms with Gasteiger partial charge < -0.3 is 10.4 Å². The summed E-state index contributed by atoms with van der Waals surface area (Å²) in [6.45, 7) is 1.83. The molecule has 0 spiro atoms. The Morgan fingerprint density at radius 3 is 2.59 bits per heavy atom. The lowest BCUT2D eigenvalue weighted by atomic mass is 10.1. The van der Waals surface area contributed by atoms with Gasteiger partial charge in [-0.25, -0.2) is 5.43 Å². The van der Waals surface area contributed by atoms with Crippen LogP contribution in [0.4, 0.5) is 11.4 Å². The molecular weight excluding hydrogens is 358 g/mol. The zero-order valence-corrected chi connectivity index (χ0v) is 15.4. The summed E-state index contributed by atoms with van der Waals surface area (Å²) in [6.07, 6.45) is 0. The lowest BCUT2D eigenvalue weighted by Gasteiger charge is -2.21. The van der Waals surface area contributed by atoms with Gasteiger partial charge in [0.2, 0.25) is 0 Å². The lowest BCUT2D eigenvalue weighted by Crippen LogP contribution is -2.19. The van der Waals surface area contributed by atoms with Crippen LogP contribution in [0.1, 0.15) is 22.8 Å². The van der Waals surface area contributed by atoms with Crippen molar-refractivity contribution in [1.82, 2.24) is 5.43 Å². The van der Waals surface area contributed by atoms with E-state index in [1.807, 2.05) is 43.3 Å². The van der Waals surface area contributed by atoms with Crippen LogP contribution in [0.15, 0.2) is 81.6 Å². The first-order valence-corrected chi connectivity index (χ1v) is 9.24. The zero-order chi connectivity index (χ0) is 18.8. The first-order chi connectivity index (χ1) is 13.1. The average molecular weight is 375 g/mol. The van der Waals surface area contributed by atoms with Crippen LogP contribution in [0, 0.1) is 0 Å². The van der Waals surface area contributed by atoms with Gasteiger partial charge >= 0.3 is 0 Å². The number of hydrazone groups is 1. The summed E-state index contributed by atoms with van der Waals surface area (Å²) < 4.78 is 0. The molecule has 0 fully saturated rings. The standard InChI is InChI=1S/C21H17N3O2S/c1-13(23-24-21(26)15-6-2-4-8-18(15)25)14-10-11-20-17(12-14)22-16-7-3-5-9-19(16)27-20/h2-12,22,25H,1H3,(H,24,26). The average Bonchev–Trinajstić information content (AvgIpc) is 2.70. The molecule has 1 amide bonds. The maximum Gasteiger partial charge on any atom is 0.275 e. The Balaban J connectivity index is 1.53. The van der Waals surface area contributed by atoms with E-state index in [0.29, 0.717) is 5.71 Å². The molecule has 3 aromatic carbocycles. The highest BCUT2D eigenvalue weighted by Gasteiger charge is 2.16. The number of rotatable bonds is 3. The van der Waals surface area contributed by atoms with Crippen LogP contribution in [0.3, 0.4) is 0 Å². The summed E-state index contributed by atoms with van der Waals surface area (Å²) in [7, 11) is 0. The van der Waals surface area contributed by atoms with E-state index >= 15 is 0 Å². The van der Waals surface area contributed by atoms with E-state index in [4.69, 9.17) is 0 Å². The fourth-order valence-corrected chi connectivity index (χ4v) is 3.76. The highest BCUT2D eigenvalue weighted by molar-refractivity contribution is 7.99. The van der Waals surface area contributed by atoms with Crippen molar-refractivity contribution in [2.45, 2.75) is 16.7 Å². The topological polar surface area (TPSA) is 73.7 Å². The normalized spacial score (nSPS) is 12.6. The van der Waals surface area contributed by atoms with Gasteiger partial charge in [-0.15, -0.1) is 0 Å². The Labute approximate surface area is 161 Å². The van der Waals surface area contributed by atoms with E-state index in [1.54, 1.807) is 30.0 Å². The summed E-state index contributed by atoms with van der Waals surface area (Å²) in [5, 5.41) is 17.4. The smallest absolute Gasteiger partial charge is 0.275 e. The Hall–Kier alpha value is -3.25. The number of phenols is 1. The molecule has 3 N–H and O–H groups in total. The molecule has 0 radical (unpaired) electrons. The third kappa shape index (κ3) is 3.52. The minimum Gasteiger partial charge on any atom is -0.507 e. The van der Waals surface area contributed by atoms with Crippen LogP contribution in [0.5, 0.6) is 5.75 Å². The number of carbonyl (C=O) groups is 1. The molecule has 5 nitrogen and oxygen atoms in total. The number of aromatic hydroxyl groups is 1. The Bertz CT molecular complexity index is 1060. The number of phenolic OH excluding ortho intramolecular Hbond substituents is 1. The summed E-state index contributed by atoms with van der Waals surface area (Å²) in [5.41, 5.74) is 6.35. The summed E-state index contributed by atoms with van der Waals surface area (Å²) in [6, 6.07) is 20.6. The van der Waals surface area contributed by atoms with E-state index in [2.05, 4.69) is 21.9 Å². The Morgan fingerprint density at radius 1 is 1.00 bits per heavy atom. The van der Waals surface area contributed by atoms with Gasteiger partial charge in [0, 0.05) is 9.79 Å². The largest absolute Gasteiger partial charge is 0.507 e. The molecule has 1 aliphatic heterocycles. The van der Waals surface area contributed by atoms with Crippen LogP contribution < -0.4 is 10.7 Å². The van der Waals surface area contributed by atoms with Crippen LogP contribution >= 0.6 is 11.8 Å². The number of fused-ring (bicyclic) bond motifs is 2. The summed E-state index contributed by atoms with van der Waals surface area (Å²) in [5.74, 6) is -0.524. The number of hydrogen-bond acceptors (Lipinski definition) is 5. The van der Waals surface area contributed by atoms with Crippen molar-refractivity contribution in [3.8, 4) is 5.75 Å². The maximum absolute atomic E-state index is 12.2. The summed E-state index contributed by atoms with van der Waals surface area (Å²) in [4.78, 5) is 14.5. The van der Waals surface area contributed by atoms with Gasteiger partial charge in [-0.2, -0.15) is 5.10 Å². The van der Waals surface area contributed by atoms with Crippen LogP contribution in [0.2, 0.25) is 0 Å². The molecule has 27 heavy (non-hydrogen) atoms. The molecule has 0 saturated carbocycles. The van der Waals surface area contributed by atoms with Crippen LogP contribution in [-0.2, 0) is 0 Å². The van der Waals surface area contributed by atoms with E-state index in [-0.39, 0.29) is 11.3 Å². The summed E-state index contributed by atoms with van der Waals surface area (Å²) >= 11 is 1.72. The third-order valence-corrected chi connectivity index (χ3v) is 5.40. The van der Waals surface area contributed by atoms with Crippen molar-refractivity contribution in [2.24, 2.45) is 5.10 Å².